The summed E-state index contributed by atoms with van der Waals surface area (Å²) in [6, 6.07) is -1.89. The van der Waals surface area contributed by atoms with Gasteiger partial charge in [0.15, 0.2) is 0 Å². The highest BCUT2D eigenvalue weighted by Gasteiger charge is 2.23. The normalized spacial score (nSPS) is 13.0. The third kappa shape index (κ3) is 9.38. The van der Waals surface area contributed by atoms with Gasteiger partial charge in [0.25, 0.3) is 0 Å². The summed E-state index contributed by atoms with van der Waals surface area (Å²) in [5.74, 6) is -1.41. The van der Waals surface area contributed by atoms with Gasteiger partial charge in [-0.2, -0.15) is 12.6 Å². The minimum Gasteiger partial charge on any atom is -0.481 e. The van der Waals surface area contributed by atoms with Crippen molar-refractivity contribution in [1.82, 2.24) is 10.6 Å². The molecule has 0 rings (SSSR count). The number of unbranched alkanes of at least 4 members (excludes halogenated alkanes) is 1. The van der Waals surface area contributed by atoms with Crippen molar-refractivity contribution in [2.45, 2.75) is 57.5 Å². The zero-order valence-electron chi connectivity index (χ0n) is 12.7. The Kier molecular flexibility index (Phi) is 11.2. The molecule has 0 heterocycles. The molecular formula is C14H24N2O5S. The highest BCUT2D eigenvalue weighted by Crippen LogP contribution is 2.03. The van der Waals surface area contributed by atoms with E-state index in [1.54, 1.807) is 0 Å². The summed E-state index contributed by atoms with van der Waals surface area (Å²) in [7, 11) is 0. The summed E-state index contributed by atoms with van der Waals surface area (Å²) >= 11 is 4.07. The van der Waals surface area contributed by atoms with Gasteiger partial charge in [-0.1, -0.05) is 13.3 Å². The van der Waals surface area contributed by atoms with Crippen molar-refractivity contribution in [3.8, 4) is 0 Å². The van der Waals surface area contributed by atoms with Crippen LogP contribution >= 0.6 is 12.6 Å². The van der Waals surface area contributed by atoms with Crippen LogP contribution in [0.4, 0.5) is 0 Å². The first-order valence-electron chi connectivity index (χ1n) is 7.32. The van der Waals surface area contributed by atoms with E-state index in [2.05, 4.69) is 23.3 Å². The predicted octanol–water partition coefficient (Wildman–Crippen LogP) is 0.530. The number of amides is 2. The number of aliphatic carboxylic acids is 1. The van der Waals surface area contributed by atoms with Gasteiger partial charge in [0.1, 0.15) is 12.3 Å². The molecule has 2 atom stereocenters. The molecule has 22 heavy (non-hydrogen) atoms. The van der Waals surface area contributed by atoms with Crippen LogP contribution < -0.4 is 10.6 Å². The van der Waals surface area contributed by atoms with Crippen LogP contribution in [0.15, 0.2) is 0 Å². The van der Waals surface area contributed by atoms with Gasteiger partial charge in [0.05, 0.1) is 12.5 Å². The van der Waals surface area contributed by atoms with Gasteiger partial charge in [-0.3, -0.25) is 14.4 Å². The molecule has 8 heteroatoms. The fraction of sp³-hybridized carbons (Fsp3) is 0.714. The number of thiol groups is 1. The lowest BCUT2D eigenvalue weighted by atomic mass is 10.1. The number of hydrogen-bond donors (Lipinski definition) is 4. The van der Waals surface area contributed by atoms with Crippen LogP contribution in [-0.2, 0) is 19.2 Å². The third-order valence-corrected chi connectivity index (χ3v) is 3.26. The fourth-order valence-electron chi connectivity index (χ4n) is 1.77. The molecule has 0 aliphatic rings. The van der Waals surface area contributed by atoms with Crippen molar-refractivity contribution in [3.05, 3.63) is 0 Å². The Morgan fingerprint density at radius 3 is 2.41 bits per heavy atom. The van der Waals surface area contributed by atoms with E-state index in [1.807, 2.05) is 6.92 Å². The lowest BCUT2D eigenvalue weighted by molar-refractivity contribution is -0.139. The van der Waals surface area contributed by atoms with Crippen LogP contribution in [0.2, 0.25) is 0 Å². The first kappa shape index (κ1) is 20.4. The lowest BCUT2D eigenvalue weighted by Gasteiger charge is -2.20. The van der Waals surface area contributed by atoms with Gasteiger partial charge in [0.2, 0.25) is 11.8 Å². The standard InChI is InChI=1S/C14H24N2O5S/c1-2-3-6-12(18)16-11(5-4-7-22)14(21)15-10(9-17)8-13(19)20/h9-11,22H,2-8H2,1H3,(H,15,21)(H,16,18)(H,19,20). The van der Waals surface area contributed by atoms with Crippen molar-refractivity contribution >= 4 is 36.7 Å². The molecule has 126 valence electrons. The molecule has 7 nitrogen and oxygen atoms in total. The van der Waals surface area contributed by atoms with E-state index in [0.29, 0.717) is 31.3 Å². The average Bonchev–Trinajstić information content (AvgIpc) is 2.47. The molecule has 0 aliphatic heterocycles. The second kappa shape index (κ2) is 12.0. The summed E-state index contributed by atoms with van der Waals surface area (Å²) in [6.45, 7) is 1.96. The molecule has 0 saturated carbocycles. The molecule has 0 radical (unpaired) electrons. The van der Waals surface area contributed by atoms with Crippen molar-refractivity contribution in [1.29, 1.82) is 0 Å². The van der Waals surface area contributed by atoms with Crippen LogP contribution in [0.5, 0.6) is 0 Å². The Labute approximate surface area is 135 Å². The van der Waals surface area contributed by atoms with E-state index < -0.39 is 30.4 Å². The number of carbonyl (C=O) groups excluding carboxylic acids is 3. The molecule has 0 saturated heterocycles. The van der Waals surface area contributed by atoms with Crippen molar-refractivity contribution in [2.24, 2.45) is 0 Å². The quantitative estimate of drug-likeness (QED) is 0.308. The Hall–Kier alpha value is -1.57. The molecule has 0 spiro atoms. The molecule has 0 fully saturated rings. The van der Waals surface area contributed by atoms with Gasteiger partial charge in [-0.15, -0.1) is 0 Å². The van der Waals surface area contributed by atoms with E-state index in [9.17, 15) is 19.2 Å². The van der Waals surface area contributed by atoms with Crippen molar-refractivity contribution in [3.63, 3.8) is 0 Å². The first-order chi connectivity index (χ1) is 10.4. The maximum absolute atomic E-state index is 12.1. The highest BCUT2D eigenvalue weighted by molar-refractivity contribution is 7.80. The van der Waals surface area contributed by atoms with Gasteiger partial charge < -0.3 is 20.5 Å². The average molecular weight is 332 g/mol. The van der Waals surface area contributed by atoms with Crippen molar-refractivity contribution < 1.29 is 24.3 Å². The minimum atomic E-state index is -1.18. The topological polar surface area (TPSA) is 113 Å². The van der Waals surface area contributed by atoms with E-state index in [0.717, 1.165) is 12.8 Å². The summed E-state index contributed by atoms with van der Waals surface area (Å²) in [5, 5.41) is 13.6. The highest BCUT2D eigenvalue weighted by atomic mass is 32.1. The predicted molar refractivity (Wildman–Crippen MR) is 84.8 cm³/mol. The largest absolute Gasteiger partial charge is 0.481 e. The number of nitrogens with one attached hydrogen (secondary N) is 2. The molecule has 0 aromatic carbocycles. The molecule has 2 amide bonds. The smallest absolute Gasteiger partial charge is 0.305 e. The molecule has 2 unspecified atom stereocenters. The summed E-state index contributed by atoms with van der Waals surface area (Å²) in [4.78, 5) is 45.2. The van der Waals surface area contributed by atoms with Gasteiger partial charge in [0, 0.05) is 6.42 Å². The van der Waals surface area contributed by atoms with Crippen LogP contribution in [-0.4, -0.2) is 47.0 Å². The van der Waals surface area contributed by atoms with Crippen LogP contribution in [0.25, 0.3) is 0 Å². The van der Waals surface area contributed by atoms with E-state index >= 15 is 0 Å². The van der Waals surface area contributed by atoms with Crippen LogP contribution in [0, 0.1) is 0 Å². The Morgan fingerprint density at radius 2 is 1.91 bits per heavy atom. The van der Waals surface area contributed by atoms with E-state index in [1.165, 1.54) is 0 Å². The number of rotatable bonds is 12. The molecule has 0 bridgehead atoms. The van der Waals surface area contributed by atoms with Gasteiger partial charge in [-0.05, 0) is 25.0 Å². The summed E-state index contributed by atoms with van der Waals surface area (Å²) in [5.41, 5.74) is 0. The minimum absolute atomic E-state index is 0.234. The first-order valence-corrected chi connectivity index (χ1v) is 7.95. The molecule has 0 aliphatic carbocycles. The zero-order valence-corrected chi connectivity index (χ0v) is 13.6. The number of carbonyl (C=O) groups is 4. The number of carboxylic acids is 1. The zero-order chi connectivity index (χ0) is 17.0. The Morgan fingerprint density at radius 1 is 1.23 bits per heavy atom. The summed E-state index contributed by atoms with van der Waals surface area (Å²) in [6.07, 6.45) is 2.80. The molecule has 3 N–H and O–H groups in total. The second-order valence-corrected chi connectivity index (χ2v) is 5.39. The summed E-state index contributed by atoms with van der Waals surface area (Å²) < 4.78 is 0. The number of aldehydes is 1. The van der Waals surface area contributed by atoms with Crippen molar-refractivity contribution in [2.75, 3.05) is 5.75 Å². The maximum Gasteiger partial charge on any atom is 0.305 e. The SMILES string of the molecule is CCCCC(=O)NC(CCCS)C(=O)NC(C=O)CC(=O)O. The second-order valence-electron chi connectivity index (χ2n) is 4.94. The van der Waals surface area contributed by atoms with Gasteiger partial charge >= 0.3 is 5.97 Å². The maximum atomic E-state index is 12.1. The third-order valence-electron chi connectivity index (χ3n) is 2.95. The Bertz CT molecular complexity index is 389. The molecular weight excluding hydrogens is 308 g/mol. The van der Waals surface area contributed by atoms with Gasteiger partial charge in [-0.25, -0.2) is 0 Å². The fourth-order valence-corrected chi connectivity index (χ4v) is 1.96. The van der Waals surface area contributed by atoms with E-state index in [4.69, 9.17) is 5.11 Å². The van der Waals surface area contributed by atoms with E-state index in [-0.39, 0.29) is 5.91 Å². The monoisotopic (exact) mass is 332 g/mol. The molecule has 0 aromatic heterocycles. The molecule has 0 aromatic rings. The number of hydrogen-bond acceptors (Lipinski definition) is 5. The Balaban J connectivity index is 4.63. The number of carboxylic acid groups (broad SMARTS) is 1. The van der Waals surface area contributed by atoms with Crippen LogP contribution in [0.3, 0.4) is 0 Å². The lowest BCUT2D eigenvalue weighted by Crippen LogP contribution is -2.50. The van der Waals surface area contributed by atoms with Crippen LogP contribution in [0.1, 0.15) is 45.4 Å².